The number of imide groups is 1. The van der Waals surface area contributed by atoms with E-state index in [1.807, 2.05) is 50.2 Å². The quantitative estimate of drug-likeness (QED) is 0.465. The molecular formula is C26H24N2O5S. The van der Waals surface area contributed by atoms with Gasteiger partial charge in [-0.25, -0.2) is 0 Å². The second-order valence-electron chi connectivity index (χ2n) is 7.92. The number of nitrogens with zero attached hydrogens (tertiary/aromatic N) is 1. The Hall–Kier alpha value is -3.78. The summed E-state index contributed by atoms with van der Waals surface area (Å²) in [7, 11) is 1.54. The Kier molecular flexibility index (Phi) is 6.88. The number of hydrogen-bond acceptors (Lipinski definition) is 6. The van der Waals surface area contributed by atoms with Crippen molar-refractivity contribution in [3.63, 3.8) is 0 Å². The average Bonchev–Trinajstić information content (AvgIpc) is 3.07. The summed E-state index contributed by atoms with van der Waals surface area (Å²) in [5.74, 6) is 0.158. The highest BCUT2D eigenvalue weighted by atomic mass is 32.2. The van der Waals surface area contributed by atoms with Crippen LogP contribution in [-0.4, -0.2) is 41.7 Å². The summed E-state index contributed by atoms with van der Waals surface area (Å²) in [4.78, 5) is 39.2. The van der Waals surface area contributed by atoms with Crippen molar-refractivity contribution < 1.29 is 23.9 Å². The van der Waals surface area contributed by atoms with Gasteiger partial charge >= 0.3 is 0 Å². The Labute approximate surface area is 201 Å². The van der Waals surface area contributed by atoms with Crippen molar-refractivity contribution >= 4 is 51.4 Å². The van der Waals surface area contributed by atoms with E-state index in [1.165, 1.54) is 7.11 Å². The number of rotatable bonds is 7. The molecule has 0 aromatic heterocycles. The molecule has 0 atom stereocenters. The minimum Gasteiger partial charge on any atom is -0.493 e. The molecule has 1 saturated heterocycles. The lowest BCUT2D eigenvalue weighted by molar-refractivity contribution is -0.127. The van der Waals surface area contributed by atoms with Crippen LogP contribution in [0.15, 0.2) is 65.6 Å². The molecule has 3 aromatic carbocycles. The largest absolute Gasteiger partial charge is 0.493 e. The van der Waals surface area contributed by atoms with E-state index in [2.05, 4.69) is 5.32 Å². The molecule has 1 heterocycles. The standard InChI is InChI=1S/C26H24N2O5S/c1-16(2)33-21-12-11-17(13-22(21)32-3)14-23-25(30)28(26(31)34-23)15-24(29)27-20-10-6-8-18-7-4-5-9-19(18)20/h4-14,16H,15H2,1-3H3,(H,27,29)/b23-14-. The van der Waals surface area contributed by atoms with Crippen molar-refractivity contribution in [2.24, 2.45) is 0 Å². The van der Waals surface area contributed by atoms with E-state index in [0.717, 1.165) is 27.4 Å². The van der Waals surface area contributed by atoms with E-state index in [0.29, 0.717) is 22.7 Å². The van der Waals surface area contributed by atoms with Gasteiger partial charge in [0, 0.05) is 11.1 Å². The highest BCUT2D eigenvalue weighted by molar-refractivity contribution is 8.18. The SMILES string of the molecule is COc1cc(/C=C2\SC(=O)N(CC(=O)Nc3cccc4ccccc34)C2=O)ccc1OC(C)C. The molecule has 3 amide bonds. The van der Waals surface area contributed by atoms with Gasteiger partial charge in [0.15, 0.2) is 11.5 Å². The highest BCUT2D eigenvalue weighted by Crippen LogP contribution is 2.35. The molecule has 0 spiro atoms. The molecule has 34 heavy (non-hydrogen) atoms. The first-order valence-corrected chi connectivity index (χ1v) is 11.5. The number of thioether (sulfide) groups is 1. The van der Waals surface area contributed by atoms with Crippen molar-refractivity contribution in [3.8, 4) is 11.5 Å². The van der Waals surface area contributed by atoms with Gasteiger partial charge in [-0.3, -0.25) is 19.3 Å². The van der Waals surface area contributed by atoms with Crippen molar-refractivity contribution in [2.75, 3.05) is 19.0 Å². The third kappa shape index (κ3) is 5.07. The van der Waals surface area contributed by atoms with Crippen molar-refractivity contribution in [2.45, 2.75) is 20.0 Å². The number of nitrogens with one attached hydrogen (secondary N) is 1. The fraction of sp³-hybridized carbons (Fsp3) is 0.192. The van der Waals surface area contributed by atoms with Crippen LogP contribution in [0.2, 0.25) is 0 Å². The maximum Gasteiger partial charge on any atom is 0.294 e. The smallest absolute Gasteiger partial charge is 0.294 e. The molecule has 0 bridgehead atoms. The minimum absolute atomic E-state index is 0.0173. The second kappa shape index (κ2) is 10.0. The predicted molar refractivity (Wildman–Crippen MR) is 134 cm³/mol. The lowest BCUT2D eigenvalue weighted by atomic mass is 10.1. The summed E-state index contributed by atoms with van der Waals surface area (Å²) in [6.45, 7) is 3.47. The fourth-order valence-corrected chi connectivity index (χ4v) is 4.42. The van der Waals surface area contributed by atoms with Gasteiger partial charge in [-0.1, -0.05) is 42.5 Å². The van der Waals surface area contributed by atoms with E-state index in [-0.39, 0.29) is 17.6 Å². The normalized spacial score (nSPS) is 14.8. The van der Waals surface area contributed by atoms with Gasteiger partial charge in [-0.05, 0) is 60.8 Å². The number of anilines is 1. The molecule has 0 unspecified atom stereocenters. The number of methoxy groups -OCH3 is 1. The van der Waals surface area contributed by atoms with E-state index in [1.54, 1.807) is 30.3 Å². The van der Waals surface area contributed by atoms with Crippen LogP contribution in [0.4, 0.5) is 10.5 Å². The van der Waals surface area contributed by atoms with Crippen LogP contribution in [0, 0.1) is 0 Å². The van der Waals surface area contributed by atoms with Crippen LogP contribution in [-0.2, 0) is 9.59 Å². The summed E-state index contributed by atoms with van der Waals surface area (Å²) < 4.78 is 11.1. The molecule has 0 saturated carbocycles. The molecule has 4 rings (SSSR count). The van der Waals surface area contributed by atoms with Crippen LogP contribution in [0.3, 0.4) is 0 Å². The van der Waals surface area contributed by atoms with Crippen LogP contribution in [0.5, 0.6) is 11.5 Å². The Morgan fingerprint density at radius 2 is 1.82 bits per heavy atom. The molecule has 8 heteroatoms. The Balaban J connectivity index is 1.48. The summed E-state index contributed by atoms with van der Waals surface area (Å²) in [6.07, 6.45) is 1.59. The van der Waals surface area contributed by atoms with Crippen LogP contribution in [0.1, 0.15) is 19.4 Å². The lowest BCUT2D eigenvalue weighted by Gasteiger charge is -2.14. The Morgan fingerprint density at radius 3 is 2.59 bits per heavy atom. The van der Waals surface area contributed by atoms with Crippen LogP contribution >= 0.6 is 11.8 Å². The zero-order valence-electron chi connectivity index (χ0n) is 19.0. The predicted octanol–water partition coefficient (Wildman–Crippen LogP) is 5.31. The molecule has 0 aliphatic carbocycles. The number of carbonyl (C=O) groups excluding carboxylic acids is 3. The van der Waals surface area contributed by atoms with Crippen LogP contribution < -0.4 is 14.8 Å². The molecule has 1 aliphatic rings. The molecule has 174 valence electrons. The molecule has 3 aromatic rings. The minimum atomic E-state index is -0.510. The van der Waals surface area contributed by atoms with Gasteiger partial charge in [0.2, 0.25) is 5.91 Å². The van der Waals surface area contributed by atoms with Gasteiger partial charge in [0.05, 0.1) is 18.1 Å². The Bertz CT molecular complexity index is 1300. The van der Waals surface area contributed by atoms with E-state index < -0.39 is 17.1 Å². The monoisotopic (exact) mass is 476 g/mol. The number of carbonyl (C=O) groups is 3. The molecule has 1 N–H and O–H groups in total. The molecule has 1 aliphatic heterocycles. The summed E-state index contributed by atoms with van der Waals surface area (Å²) in [5, 5.41) is 4.18. The summed E-state index contributed by atoms with van der Waals surface area (Å²) in [6, 6.07) is 18.5. The van der Waals surface area contributed by atoms with Gasteiger partial charge in [-0.2, -0.15) is 0 Å². The average molecular weight is 477 g/mol. The summed E-state index contributed by atoms with van der Waals surface area (Å²) in [5.41, 5.74) is 1.31. The van der Waals surface area contributed by atoms with Crippen molar-refractivity contribution in [1.82, 2.24) is 4.90 Å². The number of ether oxygens (including phenoxy) is 2. The molecule has 0 radical (unpaired) electrons. The van der Waals surface area contributed by atoms with Gasteiger partial charge < -0.3 is 14.8 Å². The first-order valence-electron chi connectivity index (χ1n) is 10.7. The lowest BCUT2D eigenvalue weighted by Crippen LogP contribution is -2.36. The van der Waals surface area contributed by atoms with Crippen molar-refractivity contribution in [1.29, 1.82) is 0 Å². The highest BCUT2D eigenvalue weighted by Gasteiger charge is 2.36. The number of amides is 3. The zero-order chi connectivity index (χ0) is 24.2. The number of benzene rings is 3. The van der Waals surface area contributed by atoms with Gasteiger partial charge in [0.1, 0.15) is 6.54 Å². The number of hydrogen-bond donors (Lipinski definition) is 1. The first-order chi connectivity index (χ1) is 16.4. The van der Waals surface area contributed by atoms with E-state index in [9.17, 15) is 14.4 Å². The maximum atomic E-state index is 12.9. The number of fused-ring (bicyclic) bond motifs is 1. The second-order valence-corrected chi connectivity index (χ2v) is 8.91. The third-order valence-electron chi connectivity index (χ3n) is 5.09. The summed E-state index contributed by atoms with van der Waals surface area (Å²) >= 11 is 0.802. The Morgan fingerprint density at radius 1 is 1.06 bits per heavy atom. The first kappa shape index (κ1) is 23.4. The third-order valence-corrected chi connectivity index (χ3v) is 5.99. The maximum absolute atomic E-state index is 12.9. The molecule has 1 fully saturated rings. The van der Waals surface area contributed by atoms with Gasteiger partial charge in [-0.15, -0.1) is 0 Å². The zero-order valence-corrected chi connectivity index (χ0v) is 19.8. The van der Waals surface area contributed by atoms with Crippen LogP contribution in [0.25, 0.3) is 16.8 Å². The molecule has 7 nitrogen and oxygen atoms in total. The van der Waals surface area contributed by atoms with Gasteiger partial charge in [0.25, 0.3) is 11.1 Å². The topological polar surface area (TPSA) is 84.9 Å². The molecular weight excluding hydrogens is 452 g/mol. The van der Waals surface area contributed by atoms with Crippen molar-refractivity contribution in [3.05, 3.63) is 71.1 Å². The fourth-order valence-electron chi connectivity index (χ4n) is 3.58. The van der Waals surface area contributed by atoms with E-state index >= 15 is 0 Å². The van der Waals surface area contributed by atoms with E-state index in [4.69, 9.17) is 9.47 Å².